The van der Waals surface area contributed by atoms with Crippen molar-refractivity contribution in [2.45, 2.75) is 33.2 Å². The minimum atomic E-state index is -0.230. The molecule has 0 fully saturated rings. The molecule has 1 aromatic carbocycles. The predicted octanol–water partition coefficient (Wildman–Crippen LogP) is 3.49. The van der Waals surface area contributed by atoms with Crippen molar-refractivity contribution in [3.05, 3.63) is 35.8 Å². The Kier molecular flexibility index (Phi) is 3.01. The fraction of sp³-hybridized carbons (Fsp3) is 0.357. The molecule has 0 atom stereocenters. The first-order valence-corrected chi connectivity index (χ1v) is 5.78. The molecule has 0 aliphatic carbocycles. The van der Waals surface area contributed by atoms with Gasteiger partial charge in [-0.25, -0.2) is 4.39 Å². The van der Waals surface area contributed by atoms with Gasteiger partial charge in [-0.2, -0.15) is 0 Å². The van der Waals surface area contributed by atoms with Crippen molar-refractivity contribution in [1.82, 2.24) is 4.57 Å². The molecular formula is C14H16FNO. The first-order chi connectivity index (χ1) is 8.00. The molecule has 0 saturated heterocycles. The van der Waals surface area contributed by atoms with E-state index in [-0.39, 0.29) is 17.6 Å². The standard InChI is InChI=1S/C14H16FNO/c1-9(2)16-11(7-10(3)17)8-12-13(15)5-4-6-14(12)16/h4-6,8-9H,7H2,1-3H3. The van der Waals surface area contributed by atoms with Crippen LogP contribution in [0.4, 0.5) is 4.39 Å². The number of rotatable bonds is 3. The third-order valence-electron chi connectivity index (χ3n) is 2.86. The Morgan fingerprint density at radius 3 is 2.71 bits per heavy atom. The lowest BCUT2D eigenvalue weighted by Gasteiger charge is -2.13. The molecule has 0 saturated carbocycles. The predicted molar refractivity (Wildman–Crippen MR) is 66.7 cm³/mol. The third kappa shape index (κ3) is 2.09. The van der Waals surface area contributed by atoms with Crippen LogP contribution in [0.2, 0.25) is 0 Å². The molecule has 90 valence electrons. The smallest absolute Gasteiger partial charge is 0.135 e. The number of carbonyl (C=O) groups is 1. The second-order valence-corrected chi connectivity index (χ2v) is 4.65. The fourth-order valence-corrected chi connectivity index (χ4v) is 2.27. The van der Waals surface area contributed by atoms with E-state index in [0.717, 1.165) is 11.2 Å². The molecular weight excluding hydrogens is 217 g/mol. The van der Waals surface area contributed by atoms with Gasteiger partial charge >= 0.3 is 0 Å². The number of carbonyl (C=O) groups excluding carboxylic acids is 1. The van der Waals surface area contributed by atoms with Gasteiger partial charge in [0.2, 0.25) is 0 Å². The van der Waals surface area contributed by atoms with Gasteiger partial charge in [-0.3, -0.25) is 4.79 Å². The molecule has 2 nitrogen and oxygen atoms in total. The average Bonchev–Trinajstić information content (AvgIpc) is 2.56. The Labute approximate surface area is 100 Å². The van der Waals surface area contributed by atoms with Crippen LogP contribution in [0, 0.1) is 5.82 Å². The average molecular weight is 233 g/mol. The number of ketones is 1. The summed E-state index contributed by atoms with van der Waals surface area (Å²) in [5.41, 5.74) is 1.74. The number of aromatic nitrogens is 1. The number of hydrogen-bond donors (Lipinski definition) is 0. The lowest BCUT2D eigenvalue weighted by Crippen LogP contribution is -2.08. The number of halogens is 1. The molecule has 1 heterocycles. The van der Waals surface area contributed by atoms with Crippen LogP contribution in [0.25, 0.3) is 10.9 Å². The van der Waals surface area contributed by atoms with Gasteiger partial charge in [0.1, 0.15) is 11.6 Å². The molecule has 0 N–H and O–H groups in total. The van der Waals surface area contributed by atoms with Gasteiger partial charge in [0.05, 0.1) is 5.52 Å². The van der Waals surface area contributed by atoms with Crippen molar-refractivity contribution in [3.8, 4) is 0 Å². The van der Waals surface area contributed by atoms with E-state index in [9.17, 15) is 9.18 Å². The maximum Gasteiger partial charge on any atom is 0.135 e. The largest absolute Gasteiger partial charge is 0.342 e. The highest BCUT2D eigenvalue weighted by atomic mass is 19.1. The first-order valence-electron chi connectivity index (χ1n) is 5.78. The zero-order valence-electron chi connectivity index (χ0n) is 10.3. The van der Waals surface area contributed by atoms with Crippen LogP contribution in [0.3, 0.4) is 0 Å². The van der Waals surface area contributed by atoms with E-state index in [1.807, 2.05) is 24.5 Å². The van der Waals surface area contributed by atoms with Gasteiger partial charge in [0.15, 0.2) is 0 Å². The highest BCUT2D eigenvalue weighted by molar-refractivity contribution is 5.85. The Hall–Kier alpha value is -1.64. The van der Waals surface area contributed by atoms with E-state index in [1.54, 1.807) is 19.1 Å². The summed E-state index contributed by atoms with van der Waals surface area (Å²) in [6.07, 6.45) is 0.353. The Bertz CT molecular complexity index is 569. The number of nitrogens with zero attached hydrogens (tertiary/aromatic N) is 1. The normalized spacial score (nSPS) is 11.4. The number of fused-ring (bicyclic) bond motifs is 1. The summed E-state index contributed by atoms with van der Waals surface area (Å²) < 4.78 is 15.7. The second-order valence-electron chi connectivity index (χ2n) is 4.65. The molecule has 1 aromatic heterocycles. The lowest BCUT2D eigenvalue weighted by molar-refractivity contribution is -0.116. The zero-order valence-corrected chi connectivity index (χ0v) is 10.3. The van der Waals surface area contributed by atoms with Gasteiger partial charge in [0.25, 0.3) is 0 Å². The van der Waals surface area contributed by atoms with Crippen LogP contribution in [0.15, 0.2) is 24.3 Å². The number of hydrogen-bond acceptors (Lipinski definition) is 1. The quantitative estimate of drug-likeness (QED) is 0.795. The molecule has 0 unspecified atom stereocenters. The number of Topliss-reactive ketones (excluding diaryl/α,β-unsaturated/α-hetero) is 1. The lowest BCUT2D eigenvalue weighted by atomic mass is 10.2. The summed E-state index contributed by atoms with van der Waals surface area (Å²) in [6.45, 7) is 5.63. The van der Waals surface area contributed by atoms with Crippen LogP contribution in [0.1, 0.15) is 32.5 Å². The highest BCUT2D eigenvalue weighted by Gasteiger charge is 2.14. The molecule has 2 rings (SSSR count). The van der Waals surface area contributed by atoms with Crippen molar-refractivity contribution < 1.29 is 9.18 Å². The van der Waals surface area contributed by atoms with E-state index in [4.69, 9.17) is 0 Å². The Balaban J connectivity index is 2.70. The second kappa shape index (κ2) is 4.32. The topological polar surface area (TPSA) is 22.0 Å². The maximum absolute atomic E-state index is 13.7. The zero-order chi connectivity index (χ0) is 12.6. The van der Waals surface area contributed by atoms with Crippen molar-refractivity contribution in [2.75, 3.05) is 0 Å². The fourth-order valence-electron chi connectivity index (χ4n) is 2.27. The van der Waals surface area contributed by atoms with E-state index in [0.29, 0.717) is 11.8 Å². The van der Waals surface area contributed by atoms with Gasteiger partial charge in [-0.05, 0) is 39.0 Å². The summed E-state index contributed by atoms with van der Waals surface area (Å²) in [5, 5.41) is 0.595. The summed E-state index contributed by atoms with van der Waals surface area (Å²) in [7, 11) is 0. The van der Waals surface area contributed by atoms with Gasteiger partial charge in [-0.15, -0.1) is 0 Å². The molecule has 0 spiro atoms. The SMILES string of the molecule is CC(=O)Cc1cc2c(F)cccc2n1C(C)C. The molecule has 0 aliphatic rings. The summed E-state index contributed by atoms with van der Waals surface area (Å²) >= 11 is 0. The Morgan fingerprint density at radius 2 is 2.12 bits per heavy atom. The highest BCUT2D eigenvalue weighted by Crippen LogP contribution is 2.26. The minimum Gasteiger partial charge on any atom is -0.342 e. The summed E-state index contributed by atoms with van der Waals surface area (Å²) in [4.78, 5) is 11.2. The Morgan fingerprint density at radius 1 is 1.41 bits per heavy atom. The van der Waals surface area contributed by atoms with Crippen LogP contribution in [-0.2, 0) is 11.2 Å². The van der Waals surface area contributed by atoms with Gasteiger partial charge in [0, 0.05) is 23.5 Å². The molecule has 0 amide bonds. The van der Waals surface area contributed by atoms with E-state index < -0.39 is 0 Å². The van der Waals surface area contributed by atoms with Crippen LogP contribution in [-0.4, -0.2) is 10.4 Å². The van der Waals surface area contributed by atoms with Crippen molar-refractivity contribution >= 4 is 16.7 Å². The first kappa shape index (κ1) is 11.8. The third-order valence-corrected chi connectivity index (χ3v) is 2.86. The monoisotopic (exact) mass is 233 g/mol. The molecule has 17 heavy (non-hydrogen) atoms. The maximum atomic E-state index is 13.7. The van der Waals surface area contributed by atoms with Crippen LogP contribution in [0.5, 0.6) is 0 Å². The minimum absolute atomic E-state index is 0.0927. The molecule has 3 heteroatoms. The number of benzene rings is 1. The van der Waals surface area contributed by atoms with E-state index in [2.05, 4.69) is 0 Å². The van der Waals surface area contributed by atoms with Gasteiger partial charge < -0.3 is 4.57 Å². The molecule has 0 bridgehead atoms. The molecule has 0 radical (unpaired) electrons. The van der Waals surface area contributed by atoms with Crippen LogP contribution >= 0.6 is 0 Å². The summed E-state index contributed by atoms with van der Waals surface area (Å²) in [5.74, 6) is -0.137. The van der Waals surface area contributed by atoms with Crippen molar-refractivity contribution in [3.63, 3.8) is 0 Å². The van der Waals surface area contributed by atoms with E-state index >= 15 is 0 Å². The van der Waals surface area contributed by atoms with Gasteiger partial charge in [-0.1, -0.05) is 6.07 Å². The molecule has 2 aromatic rings. The van der Waals surface area contributed by atoms with Crippen molar-refractivity contribution in [1.29, 1.82) is 0 Å². The summed E-state index contributed by atoms with van der Waals surface area (Å²) in [6, 6.07) is 7.04. The van der Waals surface area contributed by atoms with E-state index in [1.165, 1.54) is 6.07 Å². The molecule has 0 aliphatic heterocycles. The van der Waals surface area contributed by atoms with Crippen molar-refractivity contribution in [2.24, 2.45) is 0 Å². The van der Waals surface area contributed by atoms with Crippen LogP contribution < -0.4 is 0 Å².